The van der Waals surface area contributed by atoms with E-state index < -0.39 is 0 Å². The fourth-order valence-corrected chi connectivity index (χ4v) is 5.71. The van der Waals surface area contributed by atoms with Crippen LogP contribution in [-0.4, -0.2) is 22.4 Å². The topological polar surface area (TPSA) is 66.5 Å². The Kier molecular flexibility index (Phi) is 2.89. The molecule has 3 nitrogen and oxygen atoms in total. The Labute approximate surface area is 126 Å². The van der Waals surface area contributed by atoms with Crippen molar-refractivity contribution in [2.75, 3.05) is 0 Å². The monoisotopic (exact) mass is 287 g/mol. The van der Waals surface area contributed by atoms with Crippen molar-refractivity contribution in [3.63, 3.8) is 0 Å². The molecule has 2 saturated carbocycles. The maximum Gasteiger partial charge on any atom is 0.115 e. The van der Waals surface area contributed by atoms with Crippen LogP contribution in [0.4, 0.5) is 0 Å². The first-order chi connectivity index (χ1) is 10.0. The molecule has 3 heteroatoms. The van der Waals surface area contributed by atoms with Crippen molar-refractivity contribution in [2.24, 2.45) is 23.0 Å². The third kappa shape index (κ3) is 1.80. The zero-order valence-electron chi connectivity index (χ0n) is 12.6. The Balaban J connectivity index is 1.73. The van der Waals surface area contributed by atoms with E-state index in [2.05, 4.69) is 13.0 Å². The van der Waals surface area contributed by atoms with Crippen LogP contribution in [0.2, 0.25) is 0 Å². The number of hydrogen-bond donors (Lipinski definition) is 3. The number of benzene rings is 1. The number of hydrogen-bond acceptors (Lipinski definition) is 3. The first kappa shape index (κ1) is 13.6. The van der Waals surface area contributed by atoms with E-state index in [0.29, 0.717) is 23.5 Å². The second-order valence-corrected chi connectivity index (χ2v) is 7.68. The lowest BCUT2D eigenvalue weighted by Gasteiger charge is -2.50. The fourth-order valence-electron chi connectivity index (χ4n) is 5.71. The summed E-state index contributed by atoms with van der Waals surface area (Å²) in [6, 6.07) is 6.00. The van der Waals surface area contributed by atoms with Crippen LogP contribution in [0.15, 0.2) is 18.2 Å². The highest BCUT2D eigenvalue weighted by Crippen LogP contribution is 2.60. The molecule has 21 heavy (non-hydrogen) atoms. The molecule has 4 N–H and O–H groups in total. The largest absolute Gasteiger partial charge is 0.508 e. The van der Waals surface area contributed by atoms with Gasteiger partial charge in [0, 0.05) is 6.04 Å². The standard InChI is InChI=1S/C18H25NO2/c1-18-7-6-13-12-5-3-11(20)8-10(12)2-4-14(13)17(18)15(19)9-16(18)21/h3,5,8,13-17,20-21H,2,4,6-7,9,19H2,1H3/t13-,14-,15?,16?,17-,18-/m1/s1. The van der Waals surface area contributed by atoms with E-state index in [0.717, 1.165) is 32.1 Å². The second-order valence-electron chi connectivity index (χ2n) is 7.68. The Morgan fingerprint density at radius 3 is 2.90 bits per heavy atom. The number of phenolic OH excluding ortho intramolecular Hbond substituents is 1. The van der Waals surface area contributed by atoms with Crippen molar-refractivity contribution >= 4 is 0 Å². The third-order valence-electron chi connectivity index (χ3n) is 6.72. The van der Waals surface area contributed by atoms with E-state index in [1.165, 1.54) is 11.1 Å². The molecule has 0 spiro atoms. The quantitative estimate of drug-likeness (QED) is 0.687. The van der Waals surface area contributed by atoms with Crippen LogP contribution in [-0.2, 0) is 6.42 Å². The molecule has 1 aromatic carbocycles. The third-order valence-corrected chi connectivity index (χ3v) is 6.72. The summed E-state index contributed by atoms with van der Waals surface area (Å²) in [5.74, 6) is 1.96. The predicted molar refractivity (Wildman–Crippen MR) is 82.1 cm³/mol. The zero-order valence-corrected chi connectivity index (χ0v) is 12.6. The van der Waals surface area contributed by atoms with Crippen LogP contribution in [0.1, 0.15) is 49.7 Å². The summed E-state index contributed by atoms with van der Waals surface area (Å²) in [5.41, 5.74) is 9.15. The van der Waals surface area contributed by atoms with E-state index in [-0.39, 0.29) is 17.6 Å². The van der Waals surface area contributed by atoms with Crippen LogP contribution >= 0.6 is 0 Å². The Bertz CT molecular complexity index is 572. The molecule has 0 bridgehead atoms. The van der Waals surface area contributed by atoms with E-state index >= 15 is 0 Å². The number of aliphatic hydroxyl groups excluding tert-OH is 1. The zero-order chi connectivity index (χ0) is 14.8. The maximum absolute atomic E-state index is 10.5. The molecule has 1 aromatic rings. The summed E-state index contributed by atoms with van der Waals surface area (Å²) in [7, 11) is 0. The molecule has 0 heterocycles. The van der Waals surface area contributed by atoms with Gasteiger partial charge in [0.2, 0.25) is 0 Å². The van der Waals surface area contributed by atoms with Crippen LogP contribution < -0.4 is 5.73 Å². The lowest BCUT2D eigenvalue weighted by atomic mass is 9.55. The van der Waals surface area contributed by atoms with E-state index in [1.807, 2.05) is 12.1 Å². The van der Waals surface area contributed by atoms with Crippen LogP contribution in [0, 0.1) is 17.3 Å². The summed E-state index contributed by atoms with van der Waals surface area (Å²) in [5, 5.41) is 20.2. The Hall–Kier alpha value is -1.06. The highest BCUT2D eigenvalue weighted by molar-refractivity contribution is 5.40. The smallest absolute Gasteiger partial charge is 0.115 e. The normalized spacial score (nSPS) is 44.8. The van der Waals surface area contributed by atoms with E-state index in [1.54, 1.807) is 0 Å². The molecule has 2 fully saturated rings. The summed E-state index contributed by atoms with van der Waals surface area (Å²) in [6.07, 6.45) is 4.89. The number of nitrogens with two attached hydrogens (primary N) is 1. The molecule has 0 radical (unpaired) electrons. The minimum atomic E-state index is -0.236. The predicted octanol–water partition coefficient (Wildman–Crippen LogP) is 2.55. The highest BCUT2D eigenvalue weighted by Gasteiger charge is 2.57. The first-order valence-electron chi connectivity index (χ1n) is 8.26. The molecule has 3 aliphatic rings. The minimum absolute atomic E-state index is 0.00893. The molecule has 114 valence electrons. The molecule has 0 amide bonds. The van der Waals surface area contributed by atoms with Gasteiger partial charge < -0.3 is 15.9 Å². The van der Waals surface area contributed by atoms with Gasteiger partial charge in [-0.25, -0.2) is 0 Å². The summed E-state index contributed by atoms with van der Waals surface area (Å²) < 4.78 is 0. The summed E-state index contributed by atoms with van der Waals surface area (Å²) in [4.78, 5) is 0. The van der Waals surface area contributed by atoms with Crippen molar-refractivity contribution in [3.8, 4) is 5.75 Å². The van der Waals surface area contributed by atoms with Gasteiger partial charge in [-0.05, 0) is 78.5 Å². The Morgan fingerprint density at radius 2 is 2.10 bits per heavy atom. The second kappa shape index (κ2) is 4.47. The highest BCUT2D eigenvalue weighted by atomic mass is 16.3. The number of aromatic hydroxyl groups is 1. The van der Waals surface area contributed by atoms with Crippen LogP contribution in [0.25, 0.3) is 0 Å². The molecule has 6 atom stereocenters. The van der Waals surface area contributed by atoms with Crippen molar-refractivity contribution < 1.29 is 10.2 Å². The lowest BCUT2D eigenvalue weighted by molar-refractivity contribution is -0.0247. The van der Waals surface area contributed by atoms with Crippen molar-refractivity contribution in [1.82, 2.24) is 0 Å². The number of rotatable bonds is 0. The van der Waals surface area contributed by atoms with Gasteiger partial charge in [0.1, 0.15) is 5.75 Å². The summed E-state index contributed by atoms with van der Waals surface area (Å²) in [6.45, 7) is 2.25. The maximum atomic E-state index is 10.5. The average molecular weight is 287 g/mol. The molecule has 0 aromatic heterocycles. The molecular formula is C18H25NO2. The van der Waals surface area contributed by atoms with Crippen molar-refractivity contribution in [1.29, 1.82) is 0 Å². The number of aryl methyl sites for hydroxylation is 1. The SMILES string of the molecule is C[C@]12CC[C@@H]3c4ccc(O)cc4CC[C@H]3[C@@H]1C(N)CC2O. The van der Waals surface area contributed by atoms with Gasteiger partial charge in [-0.2, -0.15) is 0 Å². The lowest BCUT2D eigenvalue weighted by Crippen LogP contribution is -2.47. The summed E-state index contributed by atoms with van der Waals surface area (Å²) >= 11 is 0. The van der Waals surface area contributed by atoms with Gasteiger partial charge >= 0.3 is 0 Å². The van der Waals surface area contributed by atoms with Gasteiger partial charge in [0.15, 0.2) is 0 Å². The molecule has 3 aliphatic carbocycles. The number of phenols is 1. The number of aliphatic hydroxyl groups is 1. The molecule has 2 unspecified atom stereocenters. The molecule has 0 saturated heterocycles. The van der Waals surface area contributed by atoms with E-state index in [4.69, 9.17) is 5.73 Å². The van der Waals surface area contributed by atoms with Gasteiger partial charge in [0.05, 0.1) is 6.10 Å². The van der Waals surface area contributed by atoms with E-state index in [9.17, 15) is 10.2 Å². The fraction of sp³-hybridized carbons (Fsp3) is 0.667. The molecule has 0 aliphatic heterocycles. The van der Waals surface area contributed by atoms with Gasteiger partial charge in [-0.15, -0.1) is 0 Å². The van der Waals surface area contributed by atoms with Crippen molar-refractivity contribution in [3.05, 3.63) is 29.3 Å². The van der Waals surface area contributed by atoms with Crippen LogP contribution in [0.5, 0.6) is 5.75 Å². The first-order valence-corrected chi connectivity index (χ1v) is 8.26. The van der Waals surface area contributed by atoms with Crippen LogP contribution in [0.3, 0.4) is 0 Å². The molecular weight excluding hydrogens is 262 g/mol. The number of fused-ring (bicyclic) bond motifs is 5. The van der Waals surface area contributed by atoms with Crippen molar-refractivity contribution in [2.45, 2.75) is 57.1 Å². The van der Waals surface area contributed by atoms with Gasteiger partial charge in [0.25, 0.3) is 0 Å². The minimum Gasteiger partial charge on any atom is -0.508 e. The van der Waals surface area contributed by atoms with Gasteiger partial charge in [-0.3, -0.25) is 0 Å². The van der Waals surface area contributed by atoms with Gasteiger partial charge in [-0.1, -0.05) is 13.0 Å². The Morgan fingerprint density at radius 1 is 1.29 bits per heavy atom. The molecule has 4 rings (SSSR count). The average Bonchev–Trinajstić information content (AvgIpc) is 2.68.